The van der Waals surface area contributed by atoms with Gasteiger partial charge in [-0.3, -0.25) is 0 Å². The van der Waals surface area contributed by atoms with Crippen LogP contribution in [0.4, 0.5) is 4.39 Å². The smallest absolute Gasteiger partial charge is 0.142 e. The van der Waals surface area contributed by atoms with Crippen LogP contribution in [0.2, 0.25) is 5.02 Å². The quantitative estimate of drug-likeness (QED) is 0.904. The molecule has 2 unspecified atom stereocenters. The van der Waals surface area contributed by atoms with E-state index in [2.05, 4.69) is 19.2 Å². The zero-order valence-electron chi connectivity index (χ0n) is 10.7. The van der Waals surface area contributed by atoms with Crippen LogP contribution in [0.25, 0.3) is 0 Å². The molecule has 1 aromatic rings. The lowest BCUT2D eigenvalue weighted by molar-refractivity contribution is 0.0898. The molecule has 1 fully saturated rings. The van der Waals surface area contributed by atoms with Crippen molar-refractivity contribution >= 4 is 11.6 Å². The summed E-state index contributed by atoms with van der Waals surface area (Å²) in [6.45, 7) is 5.87. The van der Waals surface area contributed by atoms with Crippen LogP contribution in [-0.2, 0) is 4.74 Å². The predicted octanol–water partition coefficient (Wildman–Crippen LogP) is 3.55. The minimum absolute atomic E-state index is 0.0250. The van der Waals surface area contributed by atoms with Crippen molar-refractivity contribution in [2.45, 2.75) is 32.4 Å². The molecular weight excluding hydrogens is 253 g/mol. The first-order valence-corrected chi connectivity index (χ1v) is 6.75. The van der Waals surface area contributed by atoms with Gasteiger partial charge in [-0.25, -0.2) is 4.39 Å². The van der Waals surface area contributed by atoms with E-state index in [9.17, 15) is 4.39 Å². The topological polar surface area (TPSA) is 21.3 Å². The van der Waals surface area contributed by atoms with E-state index >= 15 is 0 Å². The molecule has 0 radical (unpaired) electrons. The molecule has 1 heterocycles. The van der Waals surface area contributed by atoms with Crippen molar-refractivity contribution < 1.29 is 9.13 Å². The van der Waals surface area contributed by atoms with Crippen molar-refractivity contribution in [3.05, 3.63) is 34.6 Å². The zero-order chi connectivity index (χ0) is 13.1. The van der Waals surface area contributed by atoms with Gasteiger partial charge >= 0.3 is 0 Å². The Morgan fingerprint density at radius 1 is 1.50 bits per heavy atom. The molecule has 1 saturated heterocycles. The molecule has 1 aromatic carbocycles. The van der Waals surface area contributed by atoms with E-state index in [0.29, 0.717) is 12.0 Å². The minimum atomic E-state index is -0.375. The average Bonchev–Trinajstić information content (AvgIpc) is 2.78. The molecule has 0 aromatic heterocycles. The third kappa shape index (κ3) is 3.22. The van der Waals surface area contributed by atoms with Crippen molar-refractivity contribution in [2.24, 2.45) is 5.92 Å². The molecule has 18 heavy (non-hydrogen) atoms. The van der Waals surface area contributed by atoms with Crippen molar-refractivity contribution in [1.82, 2.24) is 5.32 Å². The molecule has 0 saturated carbocycles. The molecule has 1 aliphatic heterocycles. The fourth-order valence-corrected chi connectivity index (χ4v) is 2.41. The first kappa shape index (κ1) is 13.8. The van der Waals surface area contributed by atoms with Crippen LogP contribution in [-0.4, -0.2) is 19.2 Å². The lowest BCUT2D eigenvalue weighted by Gasteiger charge is -2.20. The molecule has 1 N–H and O–H groups in total. The van der Waals surface area contributed by atoms with E-state index in [4.69, 9.17) is 16.3 Å². The molecule has 0 spiro atoms. The molecule has 0 bridgehead atoms. The van der Waals surface area contributed by atoms with Crippen LogP contribution >= 0.6 is 11.6 Å². The summed E-state index contributed by atoms with van der Waals surface area (Å²) in [5.74, 6) is 0.0215. The third-order valence-electron chi connectivity index (χ3n) is 3.27. The average molecular weight is 272 g/mol. The van der Waals surface area contributed by atoms with Crippen LogP contribution in [0.5, 0.6) is 0 Å². The molecule has 4 heteroatoms. The van der Waals surface area contributed by atoms with E-state index in [1.807, 2.05) is 6.07 Å². The Morgan fingerprint density at radius 3 is 2.94 bits per heavy atom. The highest BCUT2D eigenvalue weighted by molar-refractivity contribution is 6.30. The highest BCUT2D eigenvalue weighted by Crippen LogP contribution is 2.35. The Balaban J connectivity index is 2.08. The van der Waals surface area contributed by atoms with Crippen LogP contribution in [0.1, 0.15) is 31.9 Å². The molecule has 2 nitrogen and oxygen atoms in total. The maximum Gasteiger partial charge on any atom is 0.142 e. The summed E-state index contributed by atoms with van der Waals surface area (Å²) in [6, 6.07) is 5.39. The highest BCUT2D eigenvalue weighted by atomic mass is 35.5. The largest absolute Gasteiger partial charge is 0.373 e. The Kier molecular flexibility index (Phi) is 4.60. The van der Waals surface area contributed by atoms with E-state index in [1.165, 1.54) is 6.07 Å². The van der Waals surface area contributed by atoms with Gasteiger partial charge in [-0.2, -0.15) is 0 Å². The minimum Gasteiger partial charge on any atom is -0.373 e. The second-order valence-electron chi connectivity index (χ2n) is 5.08. The molecular formula is C14H19ClFNO. The van der Waals surface area contributed by atoms with E-state index in [-0.39, 0.29) is 16.9 Å². The Hall–Kier alpha value is -0.640. The number of benzene rings is 1. The van der Waals surface area contributed by atoms with Gasteiger partial charge in [0.05, 0.1) is 11.1 Å². The third-order valence-corrected chi connectivity index (χ3v) is 3.58. The Bertz CT molecular complexity index is 411. The van der Waals surface area contributed by atoms with Gasteiger partial charge < -0.3 is 10.1 Å². The lowest BCUT2D eigenvalue weighted by atomic mass is 9.95. The summed E-state index contributed by atoms with van der Waals surface area (Å²) in [5.41, 5.74) is 0.880. The van der Waals surface area contributed by atoms with Gasteiger partial charge in [0.25, 0.3) is 0 Å². The maximum absolute atomic E-state index is 13.5. The zero-order valence-corrected chi connectivity index (χ0v) is 11.5. The van der Waals surface area contributed by atoms with Gasteiger partial charge in [-0.1, -0.05) is 31.5 Å². The summed E-state index contributed by atoms with van der Waals surface area (Å²) < 4.78 is 19.2. The normalized spacial score (nSPS) is 23.8. The Morgan fingerprint density at radius 2 is 2.28 bits per heavy atom. The van der Waals surface area contributed by atoms with Gasteiger partial charge in [0.1, 0.15) is 5.82 Å². The molecule has 1 aliphatic rings. The van der Waals surface area contributed by atoms with Crippen molar-refractivity contribution in [1.29, 1.82) is 0 Å². The van der Waals surface area contributed by atoms with Crippen LogP contribution < -0.4 is 5.32 Å². The Labute approximate surface area is 112 Å². The van der Waals surface area contributed by atoms with Crippen LogP contribution in [0.3, 0.4) is 0 Å². The van der Waals surface area contributed by atoms with Crippen LogP contribution in [0, 0.1) is 11.7 Å². The fourth-order valence-electron chi connectivity index (χ4n) is 2.29. The lowest BCUT2D eigenvalue weighted by Crippen LogP contribution is -2.30. The number of hydrogen-bond acceptors (Lipinski definition) is 2. The van der Waals surface area contributed by atoms with Gasteiger partial charge in [0.2, 0.25) is 0 Å². The number of halogens is 2. The van der Waals surface area contributed by atoms with Gasteiger partial charge in [0.15, 0.2) is 0 Å². The van der Waals surface area contributed by atoms with Gasteiger partial charge in [-0.15, -0.1) is 0 Å². The fraction of sp³-hybridized carbons (Fsp3) is 0.571. The molecule has 0 amide bonds. The van der Waals surface area contributed by atoms with Crippen LogP contribution in [0.15, 0.2) is 18.2 Å². The number of rotatable bonds is 4. The van der Waals surface area contributed by atoms with Gasteiger partial charge in [0, 0.05) is 25.1 Å². The second kappa shape index (κ2) is 6.00. The molecule has 0 aliphatic carbocycles. The first-order valence-electron chi connectivity index (χ1n) is 6.38. The highest BCUT2D eigenvalue weighted by Gasteiger charge is 2.29. The standard InChI is InChI=1S/C14H19ClFNO/c1-9(2)17-8-11-5-6-18-14(11)10-3-4-12(15)13(16)7-10/h3-4,7,9,11,14,17H,5-6,8H2,1-2H3. The predicted molar refractivity (Wildman–Crippen MR) is 71.3 cm³/mol. The van der Waals surface area contributed by atoms with Gasteiger partial charge in [-0.05, 0) is 24.1 Å². The monoisotopic (exact) mass is 271 g/mol. The number of ether oxygens (including phenoxy) is 1. The maximum atomic E-state index is 13.5. The second-order valence-corrected chi connectivity index (χ2v) is 5.48. The van der Waals surface area contributed by atoms with E-state index in [0.717, 1.165) is 25.1 Å². The summed E-state index contributed by atoms with van der Waals surface area (Å²) in [5, 5.41) is 3.57. The number of nitrogens with one attached hydrogen (secondary N) is 1. The van der Waals surface area contributed by atoms with Crippen molar-refractivity contribution in [2.75, 3.05) is 13.2 Å². The summed E-state index contributed by atoms with van der Waals surface area (Å²) in [4.78, 5) is 0. The van der Waals surface area contributed by atoms with Crippen molar-refractivity contribution in [3.8, 4) is 0 Å². The summed E-state index contributed by atoms with van der Waals surface area (Å²) in [6.07, 6.45) is 0.984. The van der Waals surface area contributed by atoms with Crippen molar-refractivity contribution in [3.63, 3.8) is 0 Å². The summed E-state index contributed by atoms with van der Waals surface area (Å²) >= 11 is 5.70. The molecule has 2 atom stereocenters. The molecule has 100 valence electrons. The first-order chi connectivity index (χ1) is 8.58. The SMILES string of the molecule is CC(C)NCC1CCOC1c1ccc(Cl)c(F)c1. The van der Waals surface area contributed by atoms with E-state index in [1.54, 1.807) is 6.07 Å². The summed E-state index contributed by atoms with van der Waals surface area (Å²) in [7, 11) is 0. The van der Waals surface area contributed by atoms with E-state index < -0.39 is 0 Å². The number of hydrogen-bond donors (Lipinski definition) is 1. The molecule has 2 rings (SSSR count).